The van der Waals surface area contributed by atoms with E-state index in [9.17, 15) is 4.79 Å². The molecule has 2 aliphatic heterocycles. The highest BCUT2D eigenvalue weighted by atomic mass is 16.2. The minimum atomic E-state index is 0.235. The van der Waals surface area contributed by atoms with Crippen LogP contribution in [0.4, 0.5) is 0 Å². The van der Waals surface area contributed by atoms with E-state index in [1.165, 1.54) is 57.3 Å². The number of nitrogens with one attached hydrogen (secondary N) is 1. The first kappa shape index (κ1) is 16.6. The normalized spacial score (nSPS) is 41.7. The van der Waals surface area contributed by atoms with Gasteiger partial charge in [-0.25, -0.2) is 0 Å². The second-order valence-corrected chi connectivity index (χ2v) is 10.3. The van der Waals surface area contributed by atoms with Crippen LogP contribution in [0.1, 0.15) is 62.6 Å². The van der Waals surface area contributed by atoms with Crippen molar-refractivity contribution in [2.45, 2.75) is 56.9 Å². The molecule has 0 aromatic heterocycles. The predicted octanol–water partition coefficient (Wildman–Crippen LogP) is 3.89. The fourth-order valence-electron chi connectivity index (χ4n) is 8.04. The van der Waals surface area contributed by atoms with Crippen LogP contribution in [-0.2, 0) is 10.2 Å². The Hall–Kier alpha value is -1.35. The number of fused-ring (bicyclic) bond motifs is 7. The topological polar surface area (TPSA) is 32.3 Å². The third-order valence-corrected chi connectivity index (χ3v) is 9.41. The van der Waals surface area contributed by atoms with Crippen LogP contribution in [-0.4, -0.2) is 30.4 Å². The van der Waals surface area contributed by atoms with E-state index in [4.69, 9.17) is 0 Å². The number of piperidine rings is 1. The van der Waals surface area contributed by atoms with Crippen molar-refractivity contribution in [3.63, 3.8) is 0 Å². The Morgan fingerprint density at radius 2 is 2.00 bits per heavy atom. The zero-order valence-electron chi connectivity index (χ0n) is 16.5. The molecule has 2 saturated carbocycles. The van der Waals surface area contributed by atoms with Crippen molar-refractivity contribution in [1.29, 1.82) is 0 Å². The molecular formula is C24H32N2O. The quantitative estimate of drug-likeness (QED) is 0.863. The molecular weight excluding hydrogens is 332 g/mol. The van der Waals surface area contributed by atoms with E-state index in [0.717, 1.165) is 30.1 Å². The Bertz CT molecular complexity index is 765. The van der Waals surface area contributed by atoms with Crippen LogP contribution < -0.4 is 5.32 Å². The van der Waals surface area contributed by atoms with Crippen LogP contribution in [0, 0.1) is 29.6 Å². The second kappa shape index (κ2) is 5.83. The standard InChI is InChI=1S/C24H32N2O/c1-15-16-6-7-18(15)17(12-16)14-26-10-8-24(9-11-26)20-5-3-2-4-19(20)23-21(24)13-22(27)25-23/h2-5,15-18,21,23H,6-14H2,1H3,(H,25,27)/t15-,16+,17-,18-,21-,23-/m1/s1. The molecule has 1 amide bonds. The van der Waals surface area contributed by atoms with E-state index in [2.05, 4.69) is 41.4 Å². The first-order chi connectivity index (χ1) is 13.2. The Morgan fingerprint density at radius 3 is 2.74 bits per heavy atom. The number of likely N-dealkylation sites (tertiary alicyclic amines) is 1. The molecule has 4 fully saturated rings. The summed E-state index contributed by atoms with van der Waals surface area (Å²) in [6.45, 7) is 6.27. The van der Waals surface area contributed by atoms with Gasteiger partial charge >= 0.3 is 0 Å². The van der Waals surface area contributed by atoms with Gasteiger partial charge in [-0.2, -0.15) is 0 Å². The van der Waals surface area contributed by atoms with Crippen LogP contribution >= 0.6 is 0 Å². The molecule has 0 unspecified atom stereocenters. The molecule has 6 rings (SSSR count). The van der Waals surface area contributed by atoms with E-state index >= 15 is 0 Å². The highest BCUT2D eigenvalue weighted by Crippen LogP contribution is 2.58. The summed E-state index contributed by atoms with van der Waals surface area (Å²) in [7, 11) is 0. The van der Waals surface area contributed by atoms with E-state index in [1.54, 1.807) is 5.56 Å². The highest BCUT2D eigenvalue weighted by molar-refractivity contribution is 5.81. The maximum atomic E-state index is 12.2. The maximum absolute atomic E-state index is 12.2. The fraction of sp³-hybridized carbons (Fsp3) is 0.708. The van der Waals surface area contributed by atoms with Crippen LogP contribution in [0.3, 0.4) is 0 Å². The van der Waals surface area contributed by atoms with Crippen molar-refractivity contribution < 1.29 is 4.79 Å². The third-order valence-electron chi connectivity index (χ3n) is 9.41. The Balaban J connectivity index is 1.20. The van der Waals surface area contributed by atoms with Gasteiger partial charge in [0.05, 0.1) is 6.04 Å². The largest absolute Gasteiger partial charge is 0.349 e. The van der Waals surface area contributed by atoms with Crippen LogP contribution in [0.2, 0.25) is 0 Å². The number of benzene rings is 1. The van der Waals surface area contributed by atoms with E-state index < -0.39 is 0 Å². The lowest BCUT2D eigenvalue weighted by atomic mass is 9.67. The molecule has 27 heavy (non-hydrogen) atoms. The molecule has 3 heteroatoms. The van der Waals surface area contributed by atoms with Gasteiger partial charge in [-0.15, -0.1) is 0 Å². The summed E-state index contributed by atoms with van der Waals surface area (Å²) in [6, 6.07) is 9.23. The summed E-state index contributed by atoms with van der Waals surface area (Å²) >= 11 is 0. The van der Waals surface area contributed by atoms with Crippen LogP contribution in [0.25, 0.3) is 0 Å². The molecule has 0 radical (unpaired) electrons. The number of amides is 1. The first-order valence-corrected chi connectivity index (χ1v) is 11.3. The highest BCUT2D eigenvalue weighted by Gasteiger charge is 2.56. The molecule has 6 atom stereocenters. The van der Waals surface area contributed by atoms with E-state index in [1.807, 2.05) is 0 Å². The molecule has 5 aliphatic rings. The number of carbonyl (C=O) groups is 1. The van der Waals surface area contributed by atoms with Crippen molar-refractivity contribution in [2.24, 2.45) is 29.6 Å². The zero-order valence-corrected chi connectivity index (χ0v) is 16.5. The Morgan fingerprint density at radius 1 is 1.19 bits per heavy atom. The number of rotatable bonds is 2. The molecule has 2 bridgehead atoms. The second-order valence-electron chi connectivity index (χ2n) is 10.3. The van der Waals surface area contributed by atoms with Gasteiger partial charge < -0.3 is 10.2 Å². The monoisotopic (exact) mass is 364 g/mol. The molecule has 1 aromatic carbocycles. The molecule has 3 nitrogen and oxygen atoms in total. The number of hydrogen-bond donors (Lipinski definition) is 1. The van der Waals surface area contributed by atoms with Gasteiger partial charge in [0.1, 0.15) is 0 Å². The lowest BCUT2D eigenvalue weighted by molar-refractivity contribution is -0.119. The Labute approximate surface area is 162 Å². The summed E-state index contributed by atoms with van der Waals surface area (Å²) < 4.78 is 0. The molecule has 144 valence electrons. The van der Waals surface area contributed by atoms with Gasteiger partial charge in [0, 0.05) is 24.3 Å². The Kier molecular flexibility index (Phi) is 3.58. The number of hydrogen-bond acceptors (Lipinski definition) is 2. The maximum Gasteiger partial charge on any atom is 0.220 e. The first-order valence-electron chi connectivity index (χ1n) is 11.3. The molecule has 1 spiro atoms. The lowest BCUT2D eigenvalue weighted by Gasteiger charge is -2.44. The minimum Gasteiger partial charge on any atom is -0.349 e. The third kappa shape index (κ3) is 2.27. The molecule has 2 heterocycles. The summed E-state index contributed by atoms with van der Waals surface area (Å²) in [5.41, 5.74) is 3.19. The van der Waals surface area contributed by atoms with Gasteiger partial charge in [-0.3, -0.25) is 4.79 Å². The average molecular weight is 365 g/mol. The van der Waals surface area contributed by atoms with E-state index in [-0.39, 0.29) is 17.4 Å². The summed E-state index contributed by atoms with van der Waals surface area (Å²) in [4.78, 5) is 14.9. The predicted molar refractivity (Wildman–Crippen MR) is 106 cm³/mol. The fourth-order valence-corrected chi connectivity index (χ4v) is 8.04. The molecule has 2 saturated heterocycles. The zero-order chi connectivity index (χ0) is 18.2. The van der Waals surface area contributed by atoms with Gasteiger partial charge in [-0.05, 0) is 80.0 Å². The smallest absolute Gasteiger partial charge is 0.220 e. The average Bonchev–Trinajstić information content (AvgIpc) is 3.39. The molecule has 3 aliphatic carbocycles. The van der Waals surface area contributed by atoms with Crippen molar-refractivity contribution in [2.75, 3.05) is 19.6 Å². The van der Waals surface area contributed by atoms with Gasteiger partial charge in [-0.1, -0.05) is 31.2 Å². The van der Waals surface area contributed by atoms with Crippen LogP contribution in [0.5, 0.6) is 0 Å². The van der Waals surface area contributed by atoms with Crippen molar-refractivity contribution in [3.8, 4) is 0 Å². The summed E-state index contributed by atoms with van der Waals surface area (Å²) in [6.07, 6.45) is 7.65. The van der Waals surface area contributed by atoms with Crippen molar-refractivity contribution in [3.05, 3.63) is 35.4 Å². The molecule has 1 aromatic rings. The minimum absolute atomic E-state index is 0.235. The molecule has 1 N–H and O–H groups in total. The summed E-state index contributed by atoms with van der Waals surface area (Å²) in [5.74, 6) is 4.69. The van der Waals surface area contributed by atoms with Gasteiger partial charge in [0.25, 0.3) is 0 Å². The van der Waals surface area contributed by atoms with Crippen molar-refractivity contribution >= 4 is 5.91 Å². The van der Waals surface area contributed by atoms with Crippen LogP contribution in [0.15, 0.2) is 24.3 Å². The van der Waals surface area contributed by atoms with Gasteiger partial charge in [0.15, 0.2) is 0 Å². The van der Waals surface area contributed by atoms with Gasteiger partial charge in [0.2, 0.25) is 5.91 Å². The van der Waals surface area contributed by atoms with Crippen molar-refractivity contribution in [1.82, 2.24) is 10.2 Å². The van der Waals surface area contributed by atoms with E-state index in [0.29, 0.717) is 5.92 Å². The SMILES string of the molecule is C[C@@H]1[C@H]2CC[C@H]1[C@@H](CN1CCC3(CC1)c1ccccc1[C@H]1NC(=O)C[C@H]13)C2. The summed E-state index contributed by atoms with van der Waals surface area (Å²) in [5, 5.41) is 3.28. The lowest BCUT2D eigenvalue weighted by Crippen LogP contribution is -2.47. The number of nitrogens with zero attached hydrogens (tertiary/aromatic N) is 1. The number of carbonyl (C=O) groups excluding carboxylic acids is 1.